The van der Waals surface area contributed by atoms with E-state index in [9.17, 15) is 13.2 Å². The van der Waals surface area contributed by atoms with Crippen molar-refractivity contribution in [2.75, 3.05) is 0 Å². The molecule has 0 aromatic heterocycles. The summed E-state index contributed by atoms with van der Waals surface area (Å²) in [6.07, 6.45) is 0. The van der Waals surface area contributed by atoms with Gasteiger partial charge >= 0.3 is 6.68 Å². The molecule has 34 valence electrons. The van der Waals surface area contributed by atoms with Gasteiger partial charge in [0.15, 0.2) is 0 Å². The van der Waals surface area contributed by atoms with Crippen molar-refractivity contribution in [1.82, 2.24) is 0 Å². The maximum Gasteiger partial charge on any atom is 0.379 e. The molecule has 0 aromatic rings. The third-order valence-corrected chi connectivity index (χ3v) is 0. The molecule has 0 N–H and O–H groups in total. The molecule has 0 heterocycles. The molecule has 0 atom stereocenters. The second-order valence-electron chi connectivity index (χ2n) is 0.247. The summed E-state index contributed by atoms with van der Waals surface area (Å²) in [5.74, 6) is 0. The van der Waals surface area contributed by atoms with Crippen LogP contribution in [0.5, 0.6) is 0 Å². The fourth-order valence-corrected chi connectivity index (χ4v) is 0. The van der Waals surface area contributed by atoms with Crippen molar-refractivity contribution in [1.29, 1.82) is 0 Å². The number of alkyl halides is 3. The van der Waals surface area contributed by atoms with E-state index >= 15 is 0 Å². The SMILES string of the molecule is FC(F)F.[SiH4]. The van der Waals surface area contributed by atoms with Gasteiger partial charge in [0.25, 0.3) is 0 Å². The lowest BCUT2D eigenvalue weighted by Gasteiger charge is -1.65. The smallest absolute Gasteiger partial charge is 0.174 e. The Morgan fingerprint density at radius 2 is 1.00 bits per heavy atom. The van der Waals surface area contributed by atoms with Crippen LogP contribution in [0.1, 0.15) is 0 Å². The lowest BCUT2D eigenvalue weighted by atomic mass is 11.6. The number of rotatable bonds is 0. The van der Waals surface area contributed by atoms with Crippen LogP contribution in [0.15, 0.2) is 0 Å². The zero-order valence-corrected chi connectivity index (χ0v) is 1.71. The van der Waals surface area contributed by atoms with Crippen LogP contribution in [0, 0.1) is 0 Å². The molecule has 0 saturated carbocycles. The Bertz CT molecular complexity index is 11.6. The van der Waals surface area contributed by atoms with Crippen LogP contribution in [0.3, 0.4) is 0 Å². The average Bonchev–Trinajstić information content (AvgIpc) is 0.811. The predicted octanol–water partition coefficient (Wildman–Crippen LogP) is -0.273. The van der Waals surface area contributed by atoms with Crippen molar-refractivity contribution in [3.05, 3.63) is 0 Å². The first kappa shape index (κ1) is 8.89. The van der Waals surface area contributed by atoms with Gasteiger partial charge in [-0.25, -0.2) is 0 Å². The van der Waals surface area contributed by atoms with Crippen molar-refractivity contribution in [2.24, 2.45) is 0 Å². The maximum atomic E-state index is 9.67. The highest BCUT2D eigenvalue weighted by atomic mass is 28.1. The highest BCUT2D eigenvalue weighted by Crippen LogP contribution is 1.87. The Hall–Kier alpha value is 0.00688. The normalized spacial score (nSPS) is 7.20. The van der Waals surface area contributed by atoms with Gasteiger partial charge in [-0.1, -0.05) is 0 Å². The molecule has 0 amide bonds. The fourth-order valence-electron chi connectivity index (χ4n) is 0. The standard InChI is InChI=1S/CHF3.H4Si/c2-1(3)4;/h1H;1H4. The van der Waals surface area contributed by atoms with Gasteiger partial charge in [-0.2, -0.15) is 13.2 Å². The lowest BCUT2D eigenvalue weighted by molar-refractivity contribution is 0.00819. The second kappa shape index (κ2) is 4.01. The summed E-state index contributed by atoms with van der Waals surface area (Å²) in [5, 5.41) is 0. The van der Waals surface area contributed by atoms with E-state index in [0.717, 1.165) is 0 Å². The highest BCUT2D eigenvalue weighted by molar-refractivity contribution is 5.75. The molecule has 0 rings (SSSR count). The van der Waals surface area contributed by atoms with Crippen LogP contribution < -0.4 is 0 Å². The summed E-state index contributed by atoms with van der Waals surface area (Å²) in [6.45, 7) is -3.67. The minimum absolute atomic E-state index is 0. The molecule has 0 aliphatic rings. The molecule has 0 spiro atoms. The summed E-state index contributed by atoms with van der Waals surface area (Å²) >= 11 is 0. The largest absolute Gasteiger partial charge is 0.379 e. The fraction of sp³-hybridized carbons (Fsp3) is 1.00. The van der Waals surface area contributed by atoms with E-state index in [4.69, 9.17) is 0 Å². The molecule has 0 unspecified atom stereocenters. The topological polar surface area (TPSA) is 0 Å². The third kappa shape index (κ3) is 341000. The molecule has 0 aromatic carbocycles. The molecule has 4 heteroatoms. The molecule has 0 radical (unpaired) electrons. The molecule has 0 fully saturated rings. The van der Waals surface area contributed by atoms with Crippen LogP contribution in [0.25, 0.3) is 0 Å². The Kier molecular flexibility index (Phi) is 7.12. The maximum absolute atomic E-state index is 9.67. The van der Waals surface area contributed by atoms with Crippen molar-refractivity contribution < 1.29 is 13.2 Å². The van der Waals surface area contributed by atoms with E-state index in [-0.39, 0.29) is 11.0 Å². The summed E-state index contributed by atoms with van der Waals surface area (Å²) in [7, 11) is 0. The average molecular weight is 102 g/mol. The molecular formula is CH5F3Si. The second-order valence-corrected chi connectivity index (χ2v) is 0.247. The minimum atomic E-state index is -3.67. The molecule has 0 nitrogen and oxygen atoms in total. The zero-order valence-electron chi connectivity index (χ0n) is 1.71. The summed E-state index contributed by atoms with van der Waals surface area (Å²) in [6, 6.07) is 0. The van der Waals surface area contributed by atoms with Crippen molar-refractivity contribution >= 4 is 11.0 Å². The summed E-state index contributed by atoms with van der Waals surface area (Å²) in [5.41, 5.74) is 0. The van der Waals surface area contributed by atoms with Gasteiger partial charge in [0.2, 0.25) is 0 Å². The minimum Gasteiger partial charge on any atom is -0.174 e. The van der Waals surface area contributed by atoms with E-state index in [1.54, 1.807) is 0 Å². The van der Waals surface area contributed by atoms with E-state index in [2.05, 4.69) is 0 Å². The van der Waals surface area contributed by atoms with Crippen LogP contribution >= 0.6 is 0 Å². The van der Waals surface area contributed by atoms with E-state index in [1.165, 1.54) is 0 Å². The van der Waals surface area contributed by atoms with Gasteiger partial charge in [0, 0.05) is 0 Å². The van der Waals surface area contributed by atoms with Crippen molar-refractivity contribution in [2.45, 2.75) is 6.68 Å². The first-order valence-electron chi connectivity index (χ1n) is 0.655. The zero-order chi connectivity index (χ0) is 3.58. The summed E-state index contributed by atoms with van der Waals surface area (Å²) < 4.78 is 29.0. The van der Waals surface area contributed by atoms with E-state index in [1.807, 2.05) is 0 Å². The van der Waals surface area contributed by atoms with Crippen molar-refractivity contribution in [3.63, 3.8) is 0 Å². The van der Waals surface area contributed by atoms with E-state index in [0.29, 0.717) is 0 Å². The predicted molar refractivity (Wildman–Crippen MR) is 18.4 cm³/mol. The van der Waals surface area contributed by atoms with Gasteiger partial charge in [-0.05, 0) is 11.0 Å². The molecule has 0 saturated heterocycles. The highest BCUT2D eigenvalue weighted by Gasteiger charge is 1.86. The van der Waals surface area contributed by atoms with Crippen LogP contribution in [-0.4, -0.2) is 17.6 Å². The van der Waals surface area contributed by atoms with Crippen molar-refractivity contribution in [3.8, 4) is 0 Å². The number of hydrogen-bond donors (Lipinski definition) is 0. The Morgan fingerprint density at radius 1 is 1.00 bits per heavy atom. The lowest BCUT2D eigenvalue weighted by Crippen LogP contribution is -1.65. The first-order chi connectivity index (χ1) is 1.73. The van der Waals surface area contributed by atoms with Crippen LogP contribution in [-0.2, 0) is 0 Å². The summed E-state index contributed by atoms with van der Waals surface area (Å²) in [4.78, 5) is 0. The number of hydrogen-bond acceptors (Lipinski definition) is 0. The van der Waals surface area contributed by atoms with Gasteiger partial charge in [-0.15, -0.1) is 0 Å². The quantitative estimate of drug-likeness (QED) is 0.369. The third-order valence-electron chi connectivity index (χ3n) is 0. The molecule has 0 aliphatic carbocycles. The monoisotopic (exact) mass is 102 g/mol. The van der Waals surface area contributed by atoms with E-state index < -0.39 is 6.68 Å². The molecule has 0 bridgehead atoms. The Balaban J connectivity index is 0. The van der Waals surface area contributed by atoms with Gasteiger partial charge < -0.3 is 0 Å². The molecular weight excluding hydrogens is 97.1 g/mol. The first-order valence-corrected chi connectivity index (χ1v) is 0.655. The van der Waals surface area contributed by atoms with Gasteiger partial charge in [0.1, 0.15) is 0 Å². The van der Waals surface area contributed by atoms with Gasteiger partial charge in [0.05, 0.1) is 0 Å². The molecule has 5 heavy (non-hydrogen) atoms. The Morgan fingerprint density at radius 3 is 1.00 bits per heavy atom. The number of halogens is 3. The Labute approximate surface area is 32.0 Å². The van der Waals surface area contributed by atoms with Crippen LogP contribution in [0.2, 0.25) is 0 Å². The van der Waals surface area contributed by atoms with Crippen LogP contribution in [0.4, 0.5) is 13.2 Å². The molecule has 0 aliphatic heterocycles. The van der Waals surface area contributed by atoms with Gasteiger partial charge in [-0.3, -0.25) is 0 Å².